The molecule has 0 radical (unpaired) electrons. The number of hydrogen-bond donors (Lipinski definition) is 2. The van der Waals surface area contributed by atoms with Crippen LogP contribution in [0.5, 0.6) is 0 Å². The molecule has 0 aliphatic heterocycles. The number of nitrogens with one attached hydrogen (secondary N) is 1. The van der Waals surface area contributed by atoms with Crippen molar-refractivity contribution in [2.75, 3.05) is 13.7 Å². The summed E-state index contributed by atoms with van der Waals surface area (Å²) in [6, 6.07) is 9.05. The van der Waals surface area contributed by atoms with Gasteiger partial charge in [-0.2, -0.15) is 0 Å². The standard InChI is InChI=1S/C17H20N2O4/c1-11-8-13(12-6-4-5-7-14(12)18-11)16(22)19-17(2,10-23-3)9-15(20)21/h4-8H,9-10H2,1-3H3,(H,19,22)(H,20,21). The van der Waals surface area contributed by atoms with Crippen molar-refractivity contribution < 1.29 is 19.4 Å². The largest absolute Gasteiger partial charge is 0.481 e. The van der Waals surface area contributed by atoms with Gasteiger partial charge in [0.15, 0.2) is 0 Å². The molecule has 6 heteroatoms. The van der Waals surface area contributed by atoms with Crippen LogP contribution in [0.4, 0.5) is 0 Å². The lowest BCUT2D eigenvalue weighted by Gasteiger charge is -2.28. The molecule has 0 bridgehead atoms. The molecular weight excluding hydrogens is 296 g/mol. The van der Waals surface area contributed by atoms with Gasteiger partial charge in [-0.1, -0.05) is 18.2 Å². The quantitative estimate of drug-likeness (QED) is 0.852. The number of benzene rings is 1. The van der Waals surface area contributed by atoms with E-state index in [0.29, 0.717) is 5.56 Å². The molecule has 0 spiro atoms. The number of aryl methyl sites for hydroxylation is 1. The molecule has 1 unspecified atom stereocenters. The molecule has 1 heterocycles. The Morgan fingerprint density at radius 3 is 2.70 bits per heavy atom. The number of ether oxygens (including phenoxy) is 1. The summed E-state index contributed by atoms with van der Waals surface area (Å²) in [6.07, 6.45) is -0.228. The number of carboxylic acid groups (broad SMARTS) is 1. The average Bonchev–Trinajstić information content (AvgIpc) is 2.45. The Bertz CT molecular complexity index is 744. The average molecular weight is 316 g/mol. The number of carbonyl (C=O) groups is 2. The predicted molar refractivity (Wildman–Crippen MR) is 86.5 cm³/mol. The normalized spacial score (nSPS) is 13.5. The number of carbonyl (C=O) groups excluding carboxylic acids is 1. The highest BCUT2D eigenvalue weighted by Gasteiger charge is 2.30. The number of methoxy groups -OCH3 is 1. The zero-order valence-corrected chi connectivity index (χ0v) is 13.4. The summed E-state index contributed by atoms with van der Waals surface area (Å²) >= 11 is 0. The topological polar surface area (TPSA) is 88.5 Å². The molecule has 0 aliphatic carbocycles. The van der Waals surface area contributed by atoms with E-state index in [1.165, 1.54) is 7.11 Å². The number of carboxylic acids is 1. The van der Waals surface area contributed by atoms with E-state index >= 15 is 0 Å². The molecule has 0 aliphatic rings. The number of fused-ring (bicyclic) bond motifs is 1. The summed E-state index contributed by atoms with van der Waals surface area (Å²) in [5, 5.41) is 12.6. The minimum absolute atomic E-state index is 0.104. The van der Waals surface area contributed by atoms with Gasteiger partial charge in [0.25, 0.3) is 5.91 Å². The number of pyridine rings is 1. The summed E-state index contributed by atoms with van der Waals surface area (Å²) in [5.74, 6) is -1.34. The van der Waals surface area contributed by atoms with Crippen LogP contribution in [0.3, 0.4) is 0 Å². The Hall–Kier alpha value is -2.47. The lowest BCUT2D eigenvalue weighted by atomic mass is 9.97. The third-order valence-corrected chi connectivity index (χ3v) is 3.51. The second-order valence-electron chi connectivity index (χ2n) is 5.85. The fourth-order valence-electron chi connectivity index (χ4n) is 2.62. The van der Waals surface area contributed by atoms with E-state index in [-0.39, 0.29) is 18.9 Å². The smallest absolute Gasteiger partial charge is 0.305 e. The first-order valence-corrected chi connectivity index (χ1v) is 7.24. The molecule has 1 amide bonds. The SMILES string of the molecule is COCC(C)(CC(=O)O)NC(=O)c1cc(C)nc2ccccc12. The second kappa shape index (κ2) is 6.75. The molecule has 6 nitrogen and oxygen atoms in total. The molecule has 1 aromatic carbocycles. The summed E-state index contributed by atoms with van der Waals surface area (Å²) in [7, 11) is 1.47. The van der Waals surface area contributed by atoms with Gasteiger partial charge in [0, 0.05) is 18.2 Å². The number of hydrogen-bond acceptors (Lipinski definition) is 4. The maximum atomic E-state index is 12.7. The van der Waals surface area contributed by atoms with Crippen molar-refractivity contribution in [2.45, 2.75) is 25.8 Å². The van der Waals surface area contributed by atoms with E-state index in [4.69, 9.17) is 9.84 Å². The fourth-order valence-corrected chi connectivity index (χ4v) is 2.62. The predicted octanol–water partition coefficient (Wildman–Crippen LogP) is 2.15. The zero-order chi connectivity index (χ0) is 17.0. The zero-order valence-electron chi connectivity index (χ0n) is 13.4. The van der Waals surface area contributed by atoms with Crippen molar-refractivity contribution in [3.63, 3.8) is 0 Å². The van der Waals surface area contributed by atoms with Crippen molar-refractivity contribution in [2.24, 2.45) is 0 Å². The van der Waals surface area contributed by atoms with Crippen molar-refractivity contribution in [1.82, 2.24) is 10.3 Å². The van der Waals surface area contributed by atoms with Crippen LogP contribution in [0.1, 0.15) is 29.4 Å². The molecule has 2 aromatic rings. The third kappa shape index (κ3) is 4.04. The van der Waals surface area contributed by atoms with Crippen molar-refractivity contribution in [1.29, 1.82) is 0 Å². The van der Waals surface area contributed by atoms with Crippen LogP contribution in [0, 0.1) is 6.92 Å². The van der Waals surface area contributed by atoms with Crippen LogP contribution < -0.4 is 5.32 Å². The lowest BCUT2D eigenvalue weighted by Crippen LogP contribution is -2.50. The van der Waals surface area contributed by atoms with E-state index in [1.54, 1.807) is 13.0 Å². The first-order valence-electron chi connectivity index (χ1n) is 7.24. The van der Waals surface area contributed by atoms with E-state index in [2.05, 4.69) is 10.3 Å². The Labute approximate surface area is 134 Å². The summed E-state index contributed by atoms with van der Waals surface area (Å²) in [6.45, 7) is 3.57. The molecule has 122 valence electrons. The summed E-state index contributed by atoms with van der Waals surface area (Å²) in [4.78, 5) is 28.2. The van der Waals surface area contributed by atoms with Crippen molar-refractivity contribution in [3.8, 4) is 0 Å². The Morgan fingerprint density at radius 1 is 1.35 bits per heavy atom. The van der Waals surface area contributed by atoms with Crippen LogP contribution in [0.25, 0.3) is 10.9 Å². The fraction of sp³-hybridized carbons (Fsp3) is 0.353. The molecule has 0 saturated heterocycles. The molecule has 2 rings (SSSR count). The monoisotopic (exact) mass is 316 g/mol. The van der Waals surface area contributed by atoms with Gasteiger partial charge in [0.05, 0.1) is 29.6 Å². The van der Waals surface area contributed by atoms with E-state index in [0.717, 1.165) is 16.6 Å². The van der Waals surface area contributed by atoms with Gasteiger partial charge in [-0.05, 0) is 26.0 Å². The van der Waals surface area contributed by atoms with E-state index < -0.39 is 11.5 Å². The van der Waals surface area contributed by atoms with E-state index in [9.17, 15) is 9.59 Å². The minimum Gasteiger partial charge on any atom is -0.481 e. The van der Waals surface area contributed by atoms with Gasteiger partial charge in [-0.25, -0.2) is 0 Å². The lowest BCUT2D eigenvalue weighted by molar-refractivity contribution is -0.139. The van der Waals surface area contributed by atoms with Crippen LogP contribution in [-0.4, -0.2) is 41.2 Å². The molecule has 1 atom stereocenters. The van der Waals surface area contributed by atoms with Gasteiger partial charge in [0.1, 0.15) is 0 Å². The molecule has 0 saturated carbocycles. The number of rotatable bonds is 6. The minimum atomic E-state index is -0.999. The molecule has 0 fully saturated rings. The van der Waals surface area contributed by atoms with Crippen molar-refractivity contribution in [3.05, 3.63) is 41.6 Å². The number of aliphatic carboxylic acids is 1. The van der Waals surface area contributed by atoms with Gasteiger partial charge in [0.2, 0.25) is 0 Å². The first kappa shape index (κ1) is 16.9. The van der Waals surface area contributed by atoms with Crippen LogP contribution in [-0.2, 0) is 9.53 Å². The van der Waals surface area contributed by atoms with Gasteiger partial charge >= 0.3 is 5.97 Å². The van der Waals surface area contributed by atoms with Crippen LogP contribution >= 0.6 is 0 Å². The van der Waals surface area contributed by atoms with Gasteiger partial charge in [-0.15, -0.1) is 0 Å². The maximum Gasteiger partial charge on any atom is 0.305 e. The Morgan fingerprint density at radius 2 is 2.04 bits per heavy atom. The second-order valence-corrected chi connectivity index (χ2v) is 5.85. The number of para-hydroxylation sites is 1. The number of amides is 1. The first-order chi connectivity index (χ1) is 10.8. The molecule has 1 aromatic heterocycles. The van der Waals surface area contributed by atoms with E-state index in [1.807, 2.05) is 31.2 Å². The molecule has 23 heavy (non-hydrogen) atoms. The highest BCUT2D eigenvalue weighted by atomic mass is 16.5. The highest BCUT2D eigenvalue weighted by molar-refractivity contribution is 6.06. The maximum absolute atomic E-state index is 12.7. The molecule has 2 N–H and O–H groups in total. The Balaban J connectivity index is 2.38. The van der Waals surface area contributed by atoms with Gasteiger partial charge in [-0.3, -0.25) is 14.6 Å². The Kier molecular flexibility index (Phi) is 4.95. The summed E-state index contributed by atoms with van der Waals surface area (Å²) < 4.78 is 5.07. The number of nitrogens with zero attached hydrogens (tertiary/aromatic N) is 1. The number of aromatic nitrogens is 1. The van der Waals surface area contributed by atoms with Crippen molar-refractivity contribution >= 4 is 22.8 Å². The third-order valence-electron chi connectivity index (χ3n) is 3.51. The molecular formula is C17H20N2O4. The highest BCUT2D eigenvalue weighted by Crippen LogP contribution is 2.20. The van der Waals surface area contributed by atoms with Crippen LogP contribution in [0.2, 0.25) is 0 Å². The van der Waals surface area contributed by atoms with Crippen LogP contribution in [0.15, 0.2) is 30.3 Å². The summed E-state index contributed by atoms with van der Waals surface area (Å²) in [5.41, 5.74) is 0.932. The van der Waals surface area contributed by atoms with Gasteiger partial charge < -0.3 is 15.2 Å².